The summed E-state index contributed by atoms with van der Waals surface area (Å²) in [5.74, 6) is 0.0803. The molecule has 2 aromatic rings. The molecule has 20 heavy (non-hydrogen) atoms. The summed E-state index contributed by atoms with van der Waals surface area (Å²) in [6.07, 6.45) is 0. The lowest BCUT2D eigenvalue weighted by atomic mass is 10.3. The summed E-state index contributed by atoms with van der Waals surface area (Å²) in [6.45, 7) is 3.43. The van der Waals surface area contributed by atoms with E-state index in [1.54, 1.807) is 19.9 Å². The summed E-state index contributed by atoms with van der Waals surface area (Å²) >= 11 is 6.44. The van der Waals surface area contributed by atoms with Gasteiger partial charge < -0.3 is 10.3 Å². The van der Waals surface area contributed by atoms with Gasteiger partial charge in [0.25, 0.3) is 10.0 Å². The van der Waals surface area contributed by atoms with Crippen LogP contribution in [0.2, 0.25) is 0 Å². The Morgan fingerprint density at radius 3 is 2.45 bits per heavy atom. The maximum Gasteiger partial charge on any atom is 0.267 e. The third-order valence-corrected chi connectivity index (χ3v) is 5.48. The van der Waals surface area contributed by atoms with Gasteiger partial charge in [0.2, 0.25) is 5.88 Å². The Morgan fingerprint density at radius 1 is 1.30 bits per heavy atom. The maximum absolute atomic E-state index is 12.4. The van der Waals surface area contributed by atoms with Gasteiger partial charge in [-0.3, -0.25) is 0 Å². The van der Waals surface area contributed by atoms with E-state index >= 15 is 0 Å². The topological polar surface area (TPSA) is 98.2 Å². The predicted molar refractivity (Wildman–Crippen MR) is 83.0 cm³/mol. The van der Waals surface area contributed by atoms with Crippen LogP contribution in [0.3, 0.4) is 0 Å². The zero-order chi connectivity index (χ0) is 15.1. The summed E-state index contributed by atoms with van der Waals surface area (Å²) in [5, 5.41) is 3.70. The average Bonchev–Trinajstić information content (AvgIpc) is 2.58. The van der Waals surface area contributed by atoms with Crippen molar-refractivity contribution in [2.75, 3.05) is 10.5 Å². The number of nitrogens with zero attached hydrogens (tertiary/aromatic N) is 1. The van der Waals surface area contributed by atoms with Crippen LogP contribution in [-0.2, 0) is 10.0 Å². The van der Waals surface area contributed by atoms with E-state index in [0.717, 1.165) is 0 Å². The summed E-state index contributed by atoms with van der Waals surface area (Å²) in [4.78, 5) is -0.0471. The number of nitrogens with one attached hydrogen (secondary N) is 1. The van der Waals surface area contributed by atoms with Crippen molar-refractivity contribution in [3.05, 3.63) is 32.3 Å². The lowest BCUT2D eigenvalue weighted by molar-refractivity contribution is 0.430. The van der Waals surface area contributed by atoms with Crippen molar-refractivity contribution in [2.24, 2.45) is 0 Å². The van der Waals surface area contributed by atoms with Gasteiger partial charge in [0.15, 0.2) is 0 Å². The number of nitrogens with two attached hydrogens (primary N) is 1. The van der Waals surface area contributed by atoms with E-state index in [4.69, 9.17) is 10.3 Å². The van der Waals surface area contributed by atoms with Crippen molar-refractivity contribution < 1.29 is 12.9 Å². The minimum atomic E-state index is -3.88. The monoisotopic (exact) mass is 423 g/mol. The zero-order valence-electron chi connectivity index (χ0n) is 10.6. The molecule has 1 heterocycles. The fraction of sp³-hybridized carbons (Fsp3) is 0.182. The van der Waals surface area contributed by atoms with E-state index in [2.05, 4.69) is 41.7 Å². The highest BCUT2D eigenvalue weighted by Gasteiger charge is 2.24. The van der Waals surface area contributed by atoms with E-state index in [-0.39, 0.29) is 16.5 Å². The molecule has 9 heteroatoms. The number of rotatable bonds is 3. The number of benzene rings is 1. The van der Waals surface area contributed by atoms with Gasteiger partial charge in [0, 0.05) is 14.5 Å². The highest BCUT2D eigenvalue weighted by atomic mass is 79.9. The van der Waals surface area contributed by atoms with Crippen molar-refractivity contribution in [3.8, 4) is 0 Å². The van der Waals surface area contributed by atoms with E-state index in [0.29, 0.717) is 20.2 Å². The molecule has 6 nitrogen and oxygen atoms in total. The van der Waals surface area contributed by atoms with E-state index in [1.165, 1.54) is 6.07 Å². The Hall–Kier alpha value is -1.06. The first-order chi connectivity index (χ1) is 9.22. The highest BCUT2D eigenvalue weighted by molar-refractivity contribution is 9.11. The normalized spacial score (nSPS) is 11.6. The minimum Gasteiger partial charge on any atom is -0.398 e. The van der Waals surface area contributed by atoms with Crippen LogP contribution in [0, 0.1) is 13.8 Å². The molecular formula is C11H11Br2N3O3S. The third kappa shape index (κ3) is 2.84. The molecule has 108 valence electrons. The van der Waals surface area contributed by atoms with Crippen LogP contribution in [0.4, 0.5) is 11.6 Å². The standard InChI is InChI=1S/C11H11Br2N3O3S/c1-5-6(2)15-19-11(5)16-20(17,18)10-8(13)3-7(12)4-9(10)14/h3-4,16H,14H2,1-2H3. The molecule has 2 rings (SSSR count). The van der Waals surface area contributed by atoms with Crippen molar-refractivity contribution in [2.45, 2.75) is 18.7 Å². The third-order valence-electron chi connectivity index (χ3n) is 2.69. The second kappa shape index (κ2) is 5.38. The Morgan fingerprint density at radius 2 is 1.95 bits per heavy atom. The molecule has 0 radical (unpaired) electrons. The van der Waals surface area contributed by atoms with Gasteiger partial charge in [0.1, 0.15) is 4.90 Å². The fourth-order valence-electron chi connectivity index (χ4n) is 1.55. The van der Waals surface area contributed by atoms with Gasteiger partial charge in [-0.25, -0.2) is 13.1 Å². The van der Waals surface area contributed by atoms with Crippen molar-refractivity contribution in [1.82, 2.24) is 5.16 Å². The minimum absolute atomic E-state index is 0.0471. The van der Waals surface area contributed by atoms with Crippen LogP contribution in [0.1, 0.15) is 11.3 Å². The second-order valence-corrected chi connectivity index (χ2v) is 7.52. The van der Waals surface area contributed by atoms with Crippen molar-refractivity contribution >= 4 is 53.5 Å². The number of hydrogen-bond acceptors (Lipinski definition) is 5. The number of aromatic nitrogens is 1. The Labute approximate surface area is 133 Å². The smallest absolute Gasteiger partial charge is 0.267 e. The quantitative estimate of drug-likeness (QED) is 0.737. The fourth-order valence-corrected chi connectivity index (χ4v) is 4.67. The number of nitrogen functional groups attached to an aromatic ring is 1. The van der Waals surface area contributed by atoms with Crippen molar-refractivity contribution in [3.63, 3.8) is 0 Å². The van der Waals surface area contributed by atoms with E-state index < -0.39 is 10.0 Å². The SMILES string of the molecule is Cc1noc(NS(=O)(=O)c2c(N)cc(Br)cc2Br)c1C. The summed E-state index contributed by atoms with van der Waals surface area (Å²) in [7, 11) is -3.88. The van der Waals surface area contributed by atoms with Gasteiger partial charge in [-0.2, -0.15) is 0 Å². The number of anilines is 2. The van der Waals surface area contributed by atoms with Crippen LogP contribution >= 0.6 is 31.9 Å². The molecule has 3 N–H and O–H groups in total. The maximum atomic E-state index is 12.4. The Kier molecular flexibility index (Phi) is 4.12. The van der Waals surface area contributed by atoms with Crippen LogP contribution < -0.4 is 10.5 Å². The van der Waals surface area contributed by atoms with Gasteiger partial charge in [-0.1, -0.05) is 21.1 Å². The van der Waals surface area contributed by atoms with E-state index in [1.807, 2.05) is 0 Å². The first kappa shape index (κ1) is 15.3. The van der Waals surface area contributed by atoms with Crippen LogP contribution in [0.25, 0.3) is 0 Å². The molecule has 0 aliphatic heterocycles. The molecule has 0 saturated heterocycles. The molecule has 0 unspecified atom stereocenters. The van der Waals surface area contributed by atoms with Crippen molar-refractivity contribution in [1.29, 1.82) is 0 Å². The molecule has 0 spiro atoms. The summed E-state index contributed by atoms with van der Waals surface area (Å²) < 4.78 is 33.1. The van der Waals surface area contributed by atoms with Gasteiger partial charge in [-0.05, 0) is 41.9 Å². The second-order valence-electron chi connectivity index (χ2n) is 4.13. The largest absolute Gasteiger partial charge is 0.398 e. The lowest BCUT2D eigenvalue weighted by Crippen LogP contribution is -2.15. The first-order valence-corrected chi connectivity index (χ1v) is 8.49. The first-order valence-electron chi connectivity index (χ1n) is 5.42. The molecule has 0 atom stereocenters. The number of aryl methyl sites for hydroxylation is 1. The summed E-state index contributed by atoms with van der Waals surface area (Å²) in [6, 6.07) is 3.11. The Balaban J connectivity index is 2.49. The summed E-state index contributed by atoms with van der Waals surface area (Å²) in [5.41, 5.74) is 7.14. The molecule has 0 bridgehead atoms. The molecule has 1 aromatic carbocycles. The molecule has 1 aromatic heterocycles. The molecule has 0 amide bonds. The average molecular weight is 425 g/mol. The number of halogens is 2. The van der Waals surface area contributed by atoms with Crippen LogP contribution in [-0.4, -0.2) is 13.6 Å². The molecular weight excluding hydrogens is 414 g/mol. The zero-order valence-corrected chi connectivity index (χ0v) is 14.6. The number of sulfonamides is 1. The highest BCUT2D eigenvalue weighted by Crippen LogP contribution is 2.33. The van der Waals surface area contributed by atoms with Gasteiger partial charge >= 0.3 is 0 Å². The Bertz CT molecular complexity index is 748. The molecule has 0 aliphatic rings. The van der Waals surface area contributed by atoms with Crippen LogP contribution in [0.15, 0.2) is 30.5 Å². The number of hydrogen-bond donors (Lipinski definition) is 2. The molecule has 0 saturated carbocycles. The van der Waals surface area contributed by atoms with Gasteiger partial charge in [0.05, 0.1) is 11.4 Å². The van der Waals surface area contributed by atoms with E-state index in [9.17, 15) is 8.42 Å². The van der Waals surface area contributed by atoms with Crippen LogP contribution in [0.5, 0.6) is 0 Å². The predicted octanol–water partition coefficient (Wildman–Crippen LogP) is 3.20. The molecule has 0 aliphatic carbocycles. The van der Waals surface area contributed by atoms with Gasteiger partial charge in [-0.15, -0.1) is 0 Å². The lowest BCUT2D eigenvalue weighted by Gasteiger charge is -2.11. The molecule has 0 fully saturated rings.